The first kappa shape index (κ1) is 13.8. The van der Waals surface area contributed by atoms with Crippen LogP contribution in [0, 0.1) is 5.92 Å². The van der Waals surface area contributed by atoms with Crippen molar-refractivity contribution in [3.8, 4) is 0 Å². The average molecular weight is 268 g/mol. The third-order valence-electron chi connectivity index (χ3n) is 5.06. The minimum Gasteiger partial charge on any atom is -0.396 e. The van der Waals surface area contributed by atoms with E-state index in [1.54, 1.807) is 0 Å². The Labute approximate surface area is 116 Å². The van der Waals surface area contributed by atoms with Gasteiger partial charge >= 0.3 is 0 Å². The quantitative estimate of drug-likeness (QED) is 0.823. The SMILES string of the molecule is OCC1CCN(C2CCCN(CC3CCCO3)C2)C1. The first-order valence-electron chi connectivity index (χ1n) is 8.04. The highest BCUT2D eigenvalue weighted by molar-refractivity contribution is 4.87. The molecule has 4 nitrogen and oxygen atoms in total. The second kappa shape index (κ2) is 6.53. The number of nitrogens with zero attached hydrogens (tertiary/aromatic N) is 2. The van der Waals surface area contributed by atoms with Crippen LogP contribution in [0.3, 0.4) is 0 Å². The zero-order valence-electron chi connectivity index (χ0n) is 12.0. The van der Waals surface area contributed by atoms with Gasteiger partial charge in [0, 0.05) is 38.9 Å². The van der Waals surface area contributed by atoms with Crippen molar-refractivity contribution < 1.29 is 9.84 Å². The molecule has 0 aliphatic carbocycles. The molecule has 3 atom stereocenters. The van der Waals surface area contributed by atoms with E-state index >= 15 is 0 Å². The molecule has 3 rings (SSSR count). The molecule has 3 heterocycles. The maximum Gasteiger partial charge on any atom is 0.0702 e. The lowest BCUT2D eigenvalue weighted by Crippen LogP contribution is -2.49. The van der Waals surface area contributed by atoms with E-state index in [9.17, 15) is 5.11 Å². The number of hydrogen-bond donors (Lipinski definition) is 1. The normalized spacial score (nSPS) is 38.1. The highest BCUT2D eigenvalue weighted by atomic mass is 16.5. The second-order valence-electron chi connectivity index (χ2n) is 6.52. The monoisotopic (exact) mass is 268 g/mol. The van der Waals surface area contributed by atoms with Gasteiger partial charge < -0.3 is 9.84 Å². The van der Waals surface area contributed by atoms with Gasteiger partial charge in [-0.05, 0) is 51.1 Å². The van der Waals surface area contributed by atoms with Crippen molar-refractivity contribution in [3.63, 3.8) is 0 Å². The molecule has 4 heteroatoms. The Morgan fingerprint density at radius 1 is 1.05 bits per heavy atom. The second-order valence-corrected chi connectivity index (χ2v) is 6.52. The third kappa shape index (κ3) is 3.48. The van der Waals surface area contributed by atoms with Crippen molar-refractivity contribution in [2.75, 3.05) is 45.9 Å². The van der Waals surface area contributed by atoms with E-state index in [-0.39, 0.29) is 0 Å². The summed E-state index contributed by atoms with van der Waals surface area (Å²) in [6.45, 7) is 7.20. The van der Waals surface area contributed by atoms with Crippen LogP contribution in [0.4, 0.5) is 0 Å². The van der Waals surface area contributed by atoms with Crippen LogP contribution in [-0.2, 0) is 4.74 Å². The lowest BCUT2D eigenvalue weighted by Gasteiger charge is -2.38. The Morgan fingerprint density at radius 3 is 2.74 bits per heavy atom. The van der Waals surface area contributed by atoms with E-state index in [1.165, 1.54) is 51.7 Å². The van der Waals surface area contributed by atoms with Crippen LogP contribution in [-0.4, -0.2) is 73.0 Å². The van der Waals surface area contributed by atoms with Crippen LogP contribution in [0.5, 0.6) is 0 Å². The highest BCUT2D eigenvalue weighted by Gasteiger charge is 2.31. The Kier molecular flexibility index (Phi) is 4.74. The van der Waals surface area contributed by atoms with E-state index in [0.29, 0.717) is 24.7 Å². The third-order valence-corrected chi connectivity index (χ3v) is 5.06. The summed E-state index contributed by atoms with van der Waals surface area (Å²) in [6, 6.07) is 0.715. The minimum absolute atomic E-state index is 0.364. The number of hydrogen-bond acceptors (Lipinski definition) is 4. The maximum absolute atomic E-state index is 9.27. The molecule has 110 valence electrons. The van der Waals surface area contributed by atoms with E-state index in [4.69, 9.17) is 4.74 Å². The summed E-state index contributed by atoms with van der Waals surface area (Å²) in [6.07, 6.45) is 6.81. The van der Waals surface area contributed by atoms with Gasteiger partial charge in [0.25, 0.3) is 0 Å². The molecule has 0 radical (unpaired) electrons. The molecule has 0 aromatic heterocycles. The summed E-state index contributed by atoms with van der Waals surface area (Å²) in [4.78, 5) is 5.22. The molecule has 0 amide bonds. The Bertz CT molecular complexity index is 281. The molecule has 3 unspecified atom stereocenters. The van der Waals surface area contributed by atoms with Crippen LogP contribution >= 0.6 is 0 Å². The number of piperidine rings is 1. The fourth-order valence-corrected chi connectivity index (χ4v) is 3.91. The van der Waals surface area contributed by atoms with Gasteiger partial charge in [-0.25, -0.2) is 0 Å². The van der Waals surface area contributed by atoms with Gasteiger partial charge in [0.05, 0.1) is 6.10 Å². The summed E-state index contributed by atoms with van der Waals surface area (Å²) in [5.74, 6) is 0.522. The zero-order chi connectivity index (χ0) is 13.1. The van der Waals surface area contributed by atoms with Crippen LogP contribution in [0.25, 0.3) is 0 Å². The number of likely N-dealkylation sites (tertiary alicyclic amines) is 2. The predicted molar refractivity (Wildman–Crippen MR) is 75.2 cm³/mol. The standard InChI is InChI=1S/C15H28N2O2/c18-12-13-5-7-17(9-13)14-3-1-6-16(10-14)11-15-4-2-8-19-15/h13-15,18H,1-12H2. The zero-order valence-corrected chi connectivity index (χ0v) is 12.0. The molecule has 0 aromatic rings. The minimum atomic E-state index is 0.364. The molecule has 3 saturated heterocycles. The lowest BCUT2D eigenvalue weighted by molar-refractivity contribution is 0.0445. The van der Waals surface area contributed by atoms with Gasteiger partial charge in [-0.3, -0.25) is 9.80 Å². The summed E-state index contributed by atoms with van der Waals surface area (Å²) < 4.78 is 5.76. The number of rotatable bonds is 4. The topological polar surface area (TPSA) is 35.9 Å². The van der Waals surface area contributed by atoms with E-state index in [0.717, 1.165) is 19.7 Å². The summed E-state index contributed by atoms with van der Waals surface area (Å²) in [7, 11) is 0. The van der Waals surface area contributed by atoms with Gasteiger partial charge in [0.2, 0.25) is 0 Å². The Hall–Kier alpha value is -0.160. The molecular formula is C15H28N2O2. The van der Waals surface area contributed by atoms with Crippen LogP contribution in [0.15, 0.2) is 0 Å². The molecule has 0 spiro atoms. The fourth-order valence-electron chi connectivity index (χ4n) is 3.91. The summed E-state index contributed by atoms with van der Waals surface area (Å²) in [5.41, 5.74) is 0. The van der Waals surface area contributed by atoms with Gasteiger partial charge in [-0.2, -0.15) is 0 Å². The van der Waals surface area contributed by atoms with Crippen molar-refractivity contribution in [1.82, 2.24) is 9.80 Å². The molecule has 3 aliphatic heterocycles. The summed E-state index contributed by atoms with van der Waals surface area (Å²) in [5, 5.41) is 9.27. The van der Waals surface area contributed by atoms with Gasteiger partial charge in [-0.1, -0.05) is 0 Å². The van der Waals surface area contributed by atoms with Crippen molar-refractivity contribution >= 4 is 0 Å². The molecule has 0 aromatic carbocycles. The van der Waals surface area contributed by atoms with E-state index < -0.39 is 0 Å². The highest BCUT2D eigenvalue weighted by Crippen LogP contribution is 2.24. The van der Waals surface area contributed by atoms with E-state index in [2.05, 4.69) is 9.80 Å². The molecule has 1 N–H and O–H groups in total. The number of aliphatic hydroxyl groups is 1. The van der Waals surface area contributed by atoms with Crippen molar-refractivity contribution in [3.05, 3.63) is 0 Å². The van der Waals surface area contributed by atoms with E-state index in [1.807, 2.05) is 0 Å². The molecule has 0 bridgehead atoms. The van der Waals surface area contributed by atoms with Gasteiger partial charge in [0.15, 0.2) is 0 Å². The van der Waals surface area contributed by atoms with Gasteiger partial charge in [0.1, 0.15) is 0 Å². The van der Waals surface area contributed by atoms with Crippen LogP contribution < -0.4 is 0 Å². The predicted octanol–water partition coefficient (Wildman–Crippen LogP) is 0.944. The first-order chi connectivity index (χ1) is 9.35. The Balaban J connectivity index is 1.47. The van der Waals surface area contributed by atoms with Crippen molar-refractivity contribution in [2.24, 2.45) is 5.92 Å². The largest absolute Gasteiger partial charge is 0.396 e. The molecule has 19 heavy (non-hydrogen) atoms. The summed E-state index contributed by atoms with van der Waals surface area (Å²) >= 11 is 0. The average Bonchev–Trinajstić information content (AvgIpc) is 3.09. The smallest absolute Gasteiger partial charge is 0.0702 e. The van der Waals surface area contributed by atoms with Gasteiger partial charge in [-0.15, -0.1) is 0 Å². The first-order valence-corrected chi connectivity index (χ1v) is 8.04. The fraction of sp³-hybridized carbons (Fsp3) is 1.00. The molecular weight excluding hydrogens is 240 g/mol. The lowest BCUT2D eigenvalue weighted by atomic mass is 10.0. The molecule has 3 aliphatic rings. The van der Waals surface area contributed by atoms with Crippen molar-refractivity contribution in [1.29, 1.82) is 0 Å². The van der Waals surface area contributed by atoms with Crippen LogP contribution in [0.2, 0.25) is 0 Å². The Morgan fingerprint density at radius 2 is 2.00 bits per heavy atom. The molecule has 3 fully saturated rings. The molecule has 0 saturated carbocycles. The van der Waals surface area contributed by atoms with Crippen LogP contribution in [0.1, 0.15) is 32.1 Å². The maximum atomic E-state index is 9.27. The number of ether oxygens (including phenoxy) is 1. The number of aliphatic hydroxyl groups excluding tert-OH is 1. The van der Waals surface area contributed by atoms with Crippen molar-refractivity contribution in [2.45, 2.75) is 44.2 Å².